The summed E-state index contributed by atoms with van der Waals surface area (Å²) in [7, 11) is 0. The number of fused-ring (bicyclic) bond motifs is 1. The molecule has 0 aliphatic rings. The van der Waals surface area contributed by atoms with E-state index in [4.69, 9.17) is 0 Å². The van der Waals surface area contributed by atoms with Crippen LogP contribution < -0.4 is 5.32 Å². The Bertz CT molecular complexity index is 692. The van der Waals surface area contributed by atoms with Gasteiger partial charge in [-0.05, 0) is 30.4 Å². The van der Waals surface area contributed by atoms with Gasteiger partial charge in [0.2, 0.25) is 0 Å². The van der Waals surface area contributed by atoms with Gasteiger partial charge in [0.05, 0.1) is 17.8 Å². The van der Waals surface area contributed by atoms with Crippen LogP contribution in [0.2, 0.25) is 0 Å². The third-order valence-electron chi connectivity index (χ3n) is 3.65. The first kappa shape index (κ1) is 14.3. The summed E-state index contributed by atoms with van der Waals surface area (Å²) in [5.74, 6) is 0. The molecular formula is C16H19N3OS. The predicted octanol–water partition coefficient (Wildman–Crippen LogP) is 3.23. The van der Waals surface area contributed by atoms with Crippen LogP contribution in [0.1, 0.15) is 29.9 Å². The number of aromatic amines is 1. The van der Waals surface area contributed by atoms with Crippen LogP contribution in [0.3, 0.4) is 0 Å². The number of benzene rings is 1. The van der Waals surface area contributed by atoms with Gasteiger partial charge in [-0.2, -0.15) is 5.10 Å². The number of para-hydroxylation sites is 1. The van der Waals surface area contributed by atoms with Crippen LogP contribution in [0, 0.1) is 0 Å². The minimum atomic E-state index is -0.393. The van der Waals surface area contributed by atoms with Gasteiger partial charge in [-0.25, -0.2) is 0 Å². The van der Waals surface area contributed by atoms with Gasteiger partial charge >= 0.3 is 0 Å². The highest BCUT2D eigenvalue weighted by Crippen LogP contribution is 2.23. The molecule has 0 saturated carbocycles. The molecule has 0 radical (unpaired) electrons. The van der Waals surface area contributed by atoms with E-state index in [1.807, 2.05) is 35.8 Å². The molecule has 21 heavy (non-hydrogen) atoms. The number of aromatic nitrogens is 2. The lowest BCUT2D eigenvalue weighted by atomic mass is 10.1. The molecule has 4 nitrogen and oxygen atoms in total. The average molecular weight is 301 g/mol. The molecule has 0 spiro atoms. The summed E-state index contributed by atoms with van der Waals surface area (Å²) in [5, 5.41) is 23.9. The first-order valence-electron chi connectivity index (χ1n) is 7.10. The van der Waals surface area contributed by atoms with E-state index in [9.17, 15) is 5.11 Å². The van der Waals surface area contributed by atoms with Crippen molar-refractivity contribution in [3.63, 3.8) is 0 Å². The third kappa shape index (κ3) is 3.32. The van der Waals surface area contributed by atoms with E-state index in [1.165, 1.54) is 5.56 Å². The van der Waals surface area contributed by atoms with Crippen molar-refractivity contribution in [2.75, 3.05) is 0 Å². The molecule has 110 valence electrons. The molecular weight excluding hydrogens is 282 g/mol. The maximum Gasteiger partial charge on any atom is 0.0896 e. The fourth-order valence-electron chi connectivity index (χ4n) is 2.48. The second-order valence-corrected chi connectivity index (χ2v) is 6.28. The molecule has 0 unspecified atom stereocenters. The van der Waals surface area contributed by atoms with E-state index in [2.05, 4.69) is 28.5 Å². The topological polar surface area (TPSA) is 60.9 Å². The third-order valence-corrected chi connectivity index (χ3v) is 4.63. The molecule has 0 aliphatic heterocycles. The van der Waals surface area contributed by atoms with E-state index >= 15 is 0 Å². The minimum Gasteiger partial charge on any atom is -0.388 e. The van der Waals surface area contributed by atoms with Gasteiger partial charge in [-0.1, -0.05) is 24.3 Å². The number of thiophene rings is 1. The number of nitrogens with zero attached hydrogens (tertiary/aromatic N) is 1. The van der Waals surface area contributed by atoms with Crippen LogP contribution in [0.25, 0.3) is 10.9 Å². The van der Waals surface area contributed by atoms with E-state index in [1.54, 1.807) is 11.3 Å². The molecule has 3 rings (SSSR count). The summed E-state index contributed by atoms with van der Waals surface area (Å²) in [6.07, 6.45) is 2.15. The molecule has 0 fully saturated rings. The van der Waals surface area contributed by atoms with Gasteiger partial charge in [0, 0.05) is 22.8 Å². The zero-order valence-corrected chi connectivity index (χ0v) is 12.7. The number of aliphatic hydroxyl groups excluding tert-OH is 1. The lowest BCUT2D eigenvalue weighted by Gasteiger charge is -2.17. The largest absolute Gasteiger partial charge is 0.388 e. The van der Waals surface area contributed by atoms with Crippen molar-refractivity contribution >= 4 is 22.2 Å². The van der Waals surface area contributed by atoms with Crippen LogP contribution in [-0.2, 0) is 6.54 Å². The lowest BCUT2D eigenvalue weighted by Crippen LogP contribution is -2.27. The highest BCUT2D eigenvalue weighted by molar-refractivity contribution is 7.10. The van der Waals surface area contributed by atoms with Crippen molar-refractivity contribution in [2.24, 2.45) is 0 Å². The second kappa shape index (κ2) is 6.39. The van der Waals surface area contributed by atoms with Crippen molar-refractivity contribution in [3.05, 3.63) is 52.3 Å². The van der Waals surface area contributed by atoms with Gasteiger partial charge in [0.15, 0.2) is 0 Å². The van der Waals surface area contributed by atoms with Gasteiger partial charge in [0.1, 0.15) is 0 Å². The van der Waals surface area contributed by atoms with Gasteiger partial charge < -0.3 is 10.4 Å². The summed E-state index contributed by atoms with van der Waals surface area (Å²) >= 11 is 1.60. The van der Waals surface area contributed by atoms with Crippen molar-refractivity contribution in [1.82, 2.24) is 15.5 Å². The Morgan fingerprint density at radius 1 is 1.33 bits per heavy atom. The van der Waals surface area contributed by atoms with E-state index in [0.29, 0.717) is 6.42 Å². The molecule has 0 amide bonds. The van der Waals surface area contributed by atoms with Crippen LogP contribution in [0.5, 0.6) is 0 Å². The lowest BCUT2D eigenvalue weighted by molar-refractivity contribution is 0.157. The van der Waals surface area contributed by atoms with E-state index in [-0.39, 0.29) is 6.04 Å². The highest BCUT2D eigenvalue weighted by atomic mass is 32.1. The molecule has 3 N–H and O–H groups in total. The Kier molecular flexibility index (Phi) is 4.34. The Hall–Kier alpha value is -1.69. The molecule has 0 aliphatic carbocycles. The first-order chi connectivity index (χ1) is 10.2. The van der Waals surface area contributed by atoms with E-state index < -0.39 is 6.10 Å². The molecule has 2 heterocycles. The van der Waals surface area contributed by atoms with Crippen LogP contribution in [-0.4, -0.2) is 21.3 Å². The molecule has 5 heteroatoms. The summed E-state index contributed by atoms with van der Waals surface area (Å²) < 4.78 is 0. The summed E-state index contributed by atoms with van der Waals surface area (Å²) in [6.45, 7) is 2.86. The standard InChI is InChI=1S/C16H19N3OS/c1-11(8-14(20)15-6-3-7-21-15)17-9-12-4-2-5-13-10-18-19-16(12)13/h2-7,10-11,14,17,20H,8-9H2,1H3,(H,18,19)/t11-,14+/m1/s1. The zero-order valence-electron chi connectivity index (χ0n) is 11.9. The Morgan fingerprint density at radius 2 is 2.24 bits per heavy atom. The fraction of sp³-hybridized carbons (Fsp3) is 0.312. The van der Waals surface area contributed by atoms with Crippen molar-refractivity contribution in [1.29, 1.82) is 0 Å². The quantitative estimate of drug-likeness (QED) is 0.655. The number of hydrogen-bond acceptors (Lipinski definition) is 4. The van der Waals surface area contributed by atoms with E-state index in [0.717, 1.165) is 22.3 Å². The van der Waals surface area contributed by atoms with Crippen molar-refractivity contribution < 1.29 is 5.11 Å². The van der Waals surface area contributed by atoms with Crippen LogP contribution in [0.4, 0.5) is 0 Å². The highest BCUT2D eigenvalue weighted by Gasteiger charge is 2.13. The van der Waals surface area contributed by atoms with Crippen LogP contribution >= 0.6 is 11.3 Å². The molecule has 1 aromatic carbocycles. The van der Waals surface area contributed by atoms with Gasteiger partial charge in [0.25, 0.3) is 0 Å². The molecule has 2 aromatic heterocycles. The SMILES string of the molecule is C[C@H](C[C@H](O)c1cccs1)NCc1cccc2cn[nH]c12. The maximum atomic E-state index is 10.2. The number of H-pyrrole nitrogens is 1. The van der Waals surface area contributed by atoms with Crippen molar-refractivity contribution in [2.45, 2.75) is 32.0 Å². The van der Waals surface area contributed by atoms with Crippen molar-refractivity contribution in [3.8, 4) is 0 Å². The first-order valence-corrected chi connectivity index (χ1v) is 7.98. The Labute approximate surface area is 127 Å². The summed E-state index contributed by atoms with van der Waals surface area (Å²) in [4.78, 5) is 1.03. The summed E-state index contributed by atoms with van der Waals surface area (Å²) in [5.41, 5.74) is 2.28. The smallest absolute Gasteiger partial charge is 0.0896 e. The monoisotopic (exact) mass is 301 g/mol. The molecule has 0 saturated heterocycles. The number of rotatable bonds is 6. The number of aliphatic hydroxyl groups is 1. The number of hydrogen-bond donors (Lipinski definition) is 3. The fourth-order valence-corrected chi connectivity index (χ4v) is 3.20. The second-order valence-electron chi connectivity index (χ2n) is 5.30. The normalized spacial score (nSPS) is 14.4. The Balaban J connectivity index is 1.58. The molecule has 3 aromatic rings. The summed E-state index contributed by atoms with van der Waals surface area (Å²) in [6, 6.07) is 10.4. The van der Waals surface area contributed by atoms with Gasteiger partial charge in [-0.3, -0.25) is 5.10 Å². The maximum absolute atomic E-state index is 10.2. The molecule has 2 atom stereocenters. The predicted molar refractivity (Wildman–Crippen MR) is 86.3 cm³/mol. The minimum absolute atomic E-state index is 0.236. The zero-order chi connectivity index (χ0) is 14.7. The van der Waals surface area contributed by atoms with Gasteiger partial charge in [-0.15, -0.1) is 11.3 Å². The average Bonchev–Trinajstić information content (AvgIpc) is 3.15. The Morgan fingerprint density at radius 3 is 3.05 bits per heavy atom. The number of nitrogens with one attached hydrogen (secondary N) is 2. The van der Waals surface area contributed by atoms with Crippen LogP contribution in [0.15, 0.2) is 41.9 Å². The molecule has 0 bridgehead atoms.